The van der Waals surface area contributed by atoms with Crippen molar-refractivity contribution in [3.63, 3.8) is 0 Å². The van der Waals surface area contributed by atoms with Gasteiger partial charge in [0.25, 0.3) is 5.97 Å². The zero-order chi connectivity index (χ0) is 3.58. The Labute approximate surface area is 76.7 Å². The van der Waals surface area contributed by atoms with Gasteiger partial charge in [0.2, 0.25) is 0 Å². The summed E-state index contributed by atoms with van der Waals surface area (Å²) < 4.78 is 0. The van der Waals surface area contributed by atoms with Crippen LogP contribution in [0.4, 0.5) is 0 Å². The summed E-state index contributed by atoms with van der Waals surface area (Å²) in [5, 5.41) is 7.42. The van der Waals surface area contributed by atoms with E-state index in [0.29, 0.717) is 0 Å². The van der Waals surface area contributed by atoms with E-state index in [1.165, 1.54) is 0 Å². The van der Waals surface area contributed by atoms with Crippen LogP contribution >= 0.6 is 0 Å². The van der Waals surface area contributed by atoms with E-state index in [9.17, 15) is 0 Å². The van der Waals surface area contributed by atoms with Crippen molar-refractivity contribution in [2.45, 2.75) is 6.92 Å². The second-order valence-electron chi connectivity index (χ2n) is 0.519. The van der Waals surface area contributed by atoms with Gasteiger partial charge in [0.1, 0.15) is 0 Å². The maximum Gasteiger partial charge on any atom is 0.300 e. The van der Waals surface area contributed by atoms with Crippen LogP contribution in [0.5, 0.6) is 0 Å². The van der Waals surface area contributed by atoms with Crippen LogP contribution in [0, 0.1) is 7.43 Å². The molecule has 8 heavy (non-hydrogen) atoms. The molecule has 0 unspecified atom stereocenters. The van der Waals surface area contributed by atoms with Crippen molar-refractivity contribution in [1.82, 2.24) is 0 Å². The van der Waals surface area contributed by atoms with E-state index >= 15 is 0 Å². The first-order chi connectivity index (χ1) is 1.73. The average Bonchev–Trinajstić information content (AvgIpc) is 0.811. The summed E-state index contributed by atoms with van der Waals surface area (Å²) >= 11 is 0. The van der Waals surface area contributed by atoms with E-state index in [-0.39, 0.29) is 54.0 Å². The molecule has 0 aliphatic rings. The zero-order valence-corrected chi connectivity index (χ0v) is 7.68. The van der Waals surface area contributed by atoms with Gasteiger partial charge in [0, 0.05) is 28.6 Å². The van der Waals surface area contributed by atoms with Crippen LogP contribution in [0.2, 0.25) is 0 Å². The summed E-state index contributed by atoms with van der Waals surface area (Å²) in [7, 11) is 0. The Morgan fingerprint density at radius 1 is 1.38 bits per heavy atom. The molecule has 0 rings (SSSR count). The van der Waals surface area contributed by atoms with E-state index < -0.39 is 5.97 Å². The van der Waals surface area contributed by atoms with Gasteiger partial charge in [-0.1, -0.05) is 0 Å². The third kappa shape index (κ3) is 385. The molecule has 0 heterocycles. The number of carboxylic acids is 1. The molecule has 5 heteroatoms. The molecule has 0 radical (unpaired) electrons. The van der Waals surface area contributed by atoms with Crippen LogP contribution in [0.1, 0.15) is 6.92 Å². The number of rotatable bonds is 0. The fraction of sp³-hybridized carbons (Fsp3) is 0.333. The van der Waals surface area contributed by atoms with E-state index in [4.69, 9.17) is 9.90 Å². The molecule has 52 valence electrons. The molecule has 0 aliphatic carbocycles. The summed E-state index contributed by atoms with van der Waals surface area (Å²) in [5.74, 6) is -0.833. The van der Waals surface area contributed by atoms with Crippen molar-refractivity contribution in [3.8, 4) is 0 Å². The zero-order valence-electron chi connectivity index (χ0n) is 4.61. The SMILES string of the molecule is CC(=O)O.[CH3-].[Cl-].[Cl-].[Ti]. The maximum atomic E-state index is 9.00. The normalized spacial score (nSPS) is 3.12. The molecule has 0 aromatic carbocycles. The predicted molar refractivity (Wildman–Crippen MR) is 19.7 cm³/mol. The topological polar surface area (TPSA) is 37.3 Å². The Balaban J connectivity index is -0.00000000750. The van der Waals surface area contributed by atoms with Crippen molar-refractivity contribution in [2.24, 2.45) is 0 Å². The van der Waals surface area contributed by atoms with Gasteiger partial charge in [-0.2, -0.15) is 0 Å². The Kier molecular flexibility index (Phi) is 117. The van der Waals surface area contributed by atoms with Gasteiger partial charge in [0.05, 0.1) is 0 Å². The van der Waals surface area contributed by atoms with Gasteiger partial charge in [-0.05, 0) is 0 Å². The quantitative estimate of drug-likeness (QED) is 0.308. The molecule has 0 amide bonds. The van der Waals surface area contributed by atoms with Crippen LogP contribution in [-0.4, -0.2) is 11.1 Å². The molecular formula is C3H7Cl2O2Ti-3. The number of hydrogen-bond acceptors (Lipinski definition) is 1. The smallest absolute Gasteiger partial charge is 0.300 e. The standard InChI is InChI=1S/C2H4O2.CH3.2ClH.Ti/c1-2(3)4;;;;/h1H3,(H,3,4);1H3;2*1H;/q;-1;;;/p-2. The third-order valence-corrected chi connectivity index (χ3v) is 0. The predicted octanol–water partition coefficient (Wildman–Crippen LogP) is -5.45. The van der Waals surface area contributed by atoms with E-state index in [0.717, 1.165) is 6.92 Å². The molecule has 0 atom stereocenters. The maximum absolute atomic E-state index is 9.00. The van der Waals surface area contributed by atoms with Crippen molar-refractivity contribution < 1.29 is 56.4 Å². The Morgan fingerprint density at radius 2 is 1.38 bits per heavy atom. The number of aliphatic carboxylic acids is 1. The minimum Gasteiger partial charge on any atom is -1.00 e. The van der Waals surface area contributed by atoms with Gasteiger partial charge >= 0.3 is 0 Å². The number of carbonyl (C=O) groups is 1. The van der Waals surface area contributed by atoms with Crippen LogP contribution in [0.3, 0.4) is 0 Å². The molecule has 0 saturated carbocycles. The average molecular weight is 194 g/mol. The first-order valence-electron chi connectivity index (χ1n) is 0.928. The van der Waals surface area contributed by atoms with Gasteiger partial charge in [0.15, 0.2) is 0 Å². The van der Waals surface area contributed by atoms with Crippen LogP contribution < -0.4 is 24.8 Å². The number of halogens is 2. The van der Waals surface area contributed by atoms with E-state index in [1.54, 1.807) is 0 Å². The largest absolute Gasteiger partial charge is 1.00 e. The first kappa shape index (κ1) is 37.3. The van der Waals surface area contributed by atoms with Gasteiger partial charge < -0.3 is 37.3 Å². The second kappa shape index (κ2) is 25.1. The number of carboxylic acid groups (broad SMARTS) is 1. The first-order valence-corrected chi connectivity index (χ1v) is 0.928. The van der Waals surface area contributed by atoms with Crippen molar-refractivity contribution in [2.75, 3.05) is 0 Å². The van der Waals surface area contributed by atoms with Crippen molar-refractivity contribution >= 4 is 5.97 Å². The summed E-state index contributed by atoms with van der Waals surface area (Å²) in [6, 6.07) is 0. The molecule has 0 aliphatic heterocycles. The molecular weight excluding hydrogens is 187 g/mol. The molecule has 0 saturated heterocycles. The Hall–Kier alpha value is 0.764. The number of hydrogen-bond donors (Lipinski definition) is 1. The summed E-state index contributed by atoms with van der Waals surface area (Å²) in [4.78, 5) is 9.00. The van der Waals surface area contributed by atoms with Crippen LogP contribution in [0.15, 0.2) is 0 Å². The molecule has 2 nitrogen and oxygen atoms in total. The molecule has 0 aromatic heterocycles. The van der Waals surface area contributed by atoms with E-state index in [2.05, 4.69) is 0 Å². The monoisotopic (exact) mass is 193 g/mol. The molecule has 0 bridgehead atoms. The minimum atomic E-state index is -0.833. The van der Waals surface area contributed by atoms with Gasteiger partial charge in [-0.3, -0.25) is 4.79 Å². The fourth-order valence-electron chi connectivity index (χ4n) is 0. The van der Waals surface area contributed by atoms with Crippen LogP contribution in [-0.2, 0) is 26.5 Å². The van der Waals surface area contributed by atoms with Crippen LogP contribution in [0.25, 0.3) is 0 Å². The molecule has 0 fully saturated rings. The summed E-state index contributed by atoms with van der Waals surface area (Å²) in [6.45, 7) is 1.08. The molecule has 0 aromatic rings. The molecule has 1 N–H and O–H groups in total. The Bertz CT molecular complexity index is 38.3. The fourth-order valence-corrected chi connectivity index (χ4v) is 0. The Morgan fingerprint density at radius 3 is 1.38 bits per heavy atom. The molecule has 0 spiro atoms. The van der Waals surface area contributed by atoms with Gasteiger partial charge in [-0.25, -0.2) is 0 Å². The van der Waals surface area contributed by atoms with Crippen molar-refractivity contribution in [3.05, 3.63) is 7.43 Å². The summed E-state index contributed by atoms with van der Waals surface area (Å²) in [6.07, 6.45) is 0. The van der Waals surface area contributed by atoms with Gasteiger partial charge in [-0.15, -0.1) is 0 Å². The van der Waals surface area contributed by atoms with E-state index in [1.807, 2.05) is 0 Å². The summed E-state index contributed by atoms with van der Waals surface area (Å²) in [5.41, 5.74) is 0. The van der Waals surface area contributed by atoms with Crippen molar-refractivity contribution in [1.29, 1.82) is 0 Å². The third-order valence-electron chi connectivity index (χ3n) is 0. The minimum absolute atomic E-state index is 0. The second-order valence-corrected chi connectivity index (χ2v) is 0.519.